The highest BCUT2D eigenvalue weighted by molar-refractivity contribution is 5.63. The van der Waals surface area contributed by atoms with Gasteiger partial charge in [0.25, 0.3) is 0 Å². The number of nitrogens with zero attached hydrogens (tertiary/aromatic N) is 1. The first-order valence-corrected chi connectivity index (χ1v) is 5.58. The normalized spacial score (nSPS) is 10.6. The zero-order valence-corrected chi connectivity index (χ0v) is 10.4. The van der Waals surface area contributed by atoms with Crippen LogP contribution in [0.4, 0.5) is 0 Å². The van der Waals surface area contributed by atoms with Crippen molar-refractivity contribution in [2.45, 2.75) is 13.5 Å². The van der Waals surface area contributed by atoms with E-state index in [1.807, 2.05) is 44.3 Å². The van der Waals surface area contributed by atoms with Gasteiger partial charge in [-0.3, -0.25) is 0 Å². The maximum Gasteiger partial charge on any atom is 0.118 e. The molecule has 0 atom stereocenters. The molecule has 1 heterocycles. The van der Waals surface area contributed by atoms with Crippen LogP contribution in [-0.2, 0) is 13.7 Å². The number of rotatable bonds is 3. The van der Waals surface area contributed by atoms with Crippen LogP contribution in [0.3, 0.4) is 0 Å². The van der Waals surface area contributed by atoms with Crippen LogP contribution >= 0.6 is 0 Å². The Bertz CT molecular complexity index is 512. The van der Waals surface area contributed by atoms with E-state index in [-0.39, 0.29) is 6.61 Å². The summed E-state index contributed by atoms with van der Waals surface area (Å²) >= 11 is 0. The van der Waals surface area contributed by atoms with Gasteiger partial charge in [-0.15, -0.1) is 0 Å². The summed E-state index contributed by atoms with van der Waals surface area (Å²) in [5, 5.41) is 9.25. The van der Waals surface area contributed by atoms with Crippen molar-refractivity contribution in [3.05, 3.63) is 41.6 Å². The predicted octanol–water partition coefficient (Wildman–Crippen LogP) is 2.50. The maximum atomic E-state index is 9.25. The molecular weight excluding hydrogens is 214 g/mol. The second-order valence-electron chi connectivity index (χ2n) is 4.09. The molecule has 1 N–H and O–H groups in total. The Morgan fingerprint density at radius 3 is 2.35 bits per heavy atom. The molecule has 0 aliphatic carbocycles. The molecule has 90 valence electrons. The molecular formula is C14H17NO2. The Morgan fingerprint density at radius 1 is 1.24 bits per heavy atom. The van der Waals surface area contributed by atoms with Gasteiger partial charge in [0, 0.05) is 18.4 Å². The highest BCUT2D eigenvalue weighted by Crippen LogP contribution is 2.26. The summed E-state index contributed by atoms with van der Waals surface area (Å²) in [5.74, 6) is 0.849. The highest BCUT2D eigenvalue weighted by atomic mass is 16.5. The summed E-state index contributed by atoms with van der Waals surface area (Å²) < 4.78 is 7.23. The summed E-state index contributed by atoms with van der Waals surface area (Å²) in [5.41, 5.74) is 4.29. The molecule has 0 aliphatic heterocycles. The van der Waals surface area contributed by atoms with Crippen molar-refractivity contribution < 1.29 is 9.84 Å². The minimum atomic E-state index is 0.0792. The number of aromatic nitrogens is 1. The summed E-state index contributed by atoms with van der Waals surface area (Å²) in [6.07, 6.45) is 0. The first kappa shape index (κ1) is 11.7. The molecule has 1 aromatic heterocycles. The van der Waals surface area contributed by atoms with Crippen molar-refractivity contribution in [3.63, 3.8) is 0 Å². The van der Waals surface area contributed by atoms with Gasteiger partial charge < -0.3 is 14.4 Å². The highest BCUT2D eigenvalue weighted by Gasteiger charge is 2.09. The Hall–Kier alpha value is -1.74. The molecule has 3 heteroatoms. The molecule has 0 unspecified atom stereocenters. The van der Waals surface area contributed by atoms with Gasteiger partial charge in [0.05, 0.1) is 13.7 Å². The number of benzene rings is 1. The quantitative estimate of drug-likeness (QED) is 0.880. The zero-order valence-electron chi connectivity index (χ0n) is 10.4. The second kappa shape index (κ2) is 4.63. The van der Waals surface area contributed by atoms with Gasteiger partial charge in [0.2, 0.25) is 0 Å². The Morgan fingerprint density at radius 2 is 1.88 bits per heavy atom. The van der Waals surface area contributed by atoms with Crippen LogP contribution in [0, 0.1) is 6.92 Å². The Balaban J connectivity index is 2.45. The number of aliphatic hydroxyl groups is 1. The van der Waals surface area contributed by atoms with E-state index < -0.39 is 0 Å². The topological polar surface area (TPSA) is 34.4 Å². The minimum absolute atomic E-state index is 0.0792. The van der Waals surface area contributed by atoms with E-state index in [2.05, 4.69) is 4.57 Å². The van der Waals surface area contributed by atoms with E-state index in [1.165, 1.54) is 0 Å². The van der Waals surface area contributed by atoms with Crippen LogP contribution in [0.15, 0.2) is 30.3 Å². The Labute approximate surface area is 101 Å². The fraction of sp³-hybridized carbons (Fsp3) is 0.286. The lowest BCUT2D eigenvalue weighted by molar-refractivity contribution is 0.281. The van der Waals surface area contributed by atoms with Crippen molar-refractivity contribution >= 4 is 0 Å². The summed E-state index contributed by atoms with van der Waals surface area (Å²) in [6, 6.07) is 9.95. The third-order valence-corrected chi connectivity index (χ3v) is 3.20. The van der Waals surface area contributed by atoms with Crippen LogP contribution in [0.1, 0.15) is 11.3 Å². The minimum Gasteiger partial charge on any atom is -0.497 e. The molecule has 0 radical (unpaired) electrons. The van der Waals surface area contributed by atoms with Crippen LogP contribution < -0.4 is 4.74 Å². The molecule has 3 nitrogen and oxygen atoms in total. The maximum absolute atomic E-state index is 9.25. The lowest BCUT2D eigenvalue weighted by atomic mass is 10.1. The third kappa shape index (κ3) is 2.06. The van der Waals surface area contributed by atoms with Crippen LogP contribution in [0.5, 0.6) is 5.75 Å². The third-order valence-electron chi connectivity index (χ3n) is 3.20. The van der Waals surface area contributed by atoms with Crippen LogP contribution in [-0.4, -0.2) is 16.8 Å². The molecule has 2 rings (SSSR count). The standard InChI is InChI=1S/C14H17NO2/c1-10-12(9-16)8-14(15(10)2)11-4-6-13(17-3)7-5-11/h4-8,16H,9H2,1-3H3. The summed E-state index contributed by atoms with van der Waals surface area (Å²) in [6.45, 7) is 2.09. The first-order chi connectivity index (χ1) is 8.17. The zero-order chi connectivity index (χ0) is 12.4. The van der Waals surface area contributed by atoms with Crippen molar-refractivity contribution in [1.29, 1.82) is 0 Å². The van der Waals surface area contributed by atoms with E-state index in [9.17, 15) is 5.11 Å². The van der Waals surface area contributed by atoms with E-state index in [4.69, 9.17) is 4.74 Å². The van der Waals surface area contributed by atoms with Crippen molar-refractivity contribution in [3.8, 4) is 17.0 Å². The molecule has 17 heavy (non-hydrogen) atoms. The monoisotopic (exact) mass is 231 g/mol. The van der Waals surface area contributed by atoms with Crippen molar-refractivity contribution in [2.75, 3.05) is 7.11 Å². The van der Waals surface area contributed by atoms with Gasteiger partial charge in [-0.25, -0.2) is 0 Å². The number of methoxy groups -OCH3 is 1. The molecule has 0 aliphatic rings. The average Bonchev–Trinajstić information content (AvgIpc) is 2.66. The van der Waals surface area contributed by atoms with E-state index in [1.54, 1.807) is 7.11 Å². The molecule has 0 spiro atoms. The van der Waals surface area contributed by atoms with Gasteiger partial charge >= 0.3 is 0 Å². The van der Waals surface area contributed by atoms with E-state index in [0.29, 0.717) is 0 Å². The molecule has 0 fully saturated rings. The second-order valence-corrected chi connectivity index (χ2v) is 4.09. The van der Waals surface area contributed by atoms with Gasteiger partial charge in [-0.2, -0.15) is 0 Å². The van der Waals surface area contributed by atoms with E-state index in [0.717, 1.165) is 28.3 Å². The number of aliphatic hydroxyl groups excluding tert-OH is 1. The lowest BCUT2D eigenvalue weighted by Gasteiger charge is -2.06. The molecule has 0 saturated carbocycles. The van der Waals surface area contributed by atoms with Crippen molar-refractivity contribution in [1.82, 2.24) is 4.57 Å². The van der Waals surface area contributed by atoms with Gasteiger partial charge in [0.1, 0.15) is 5.75 Å². The number of ether oxygens (including phenoxy) is 1. The molecule has 2 aromatic rings. The molecule has 1 aromatic carbocycles. The van der Waals surface area contributed by atoms with Gasteiger partial charge in [-0.1, -0.05) is 0 Å². The van der Waals surface area contributed by atoms with E-state index >= 15 is 0 Å². The van der Waals surface area contributed by atoms with Crippen LogP contribution in [0.25, 0.3) is 11.3 Å². The summed E-state index contributed by atoms with van der Waals surface area (Å²) in [7, 11) is 3.67. The fourth-order valence-corrected chi connectivity index (χ4v) is 1.96. The predicted molar refractivity (Wildman–Crippen MR) is 68.1 cm³/mol. The fourth-order valence-electron chi connectivity index (χ4n) is 1.96. The molecule has 0 bridgehead atoms. The smallest absolute Gasteiger partial charge is 0.118 e. The van der Waals surface area contributed by atoms with Gasteiger partial charge in [-0.05, 0) is 48.4 Å². The van der Waals surface area contributed by atoms with Crippen LogP contribution in [0.2, 0.25) is 0 Å². The van der Waals surface area contributed by atoms with Crippen molar-refractivity contribution in [2.24, 2.45) is 7.05 Å². The van der Waals surface area contributed by atoms with Gasteiger partial charge in [0.15, 0.2) is 0 Å². The first-order valence-electron chi connectivity index (χ1n) is 5.58. The number of hydrogen-bond donors (Lipinski definition) is 1. The lowest BCUT2D eigenvalue weighted by Crippen LogP contribution is -1.95. The SMILES string of the molecule is COc1ccc(-c2cc(CO)c(C)n2C)cc1. The largest absolute Gasteiger partial charge is 0.497 e. The molecule has 0 amide bonds. The average molecular weight is 231 g/mol. The summed E-state index contributed by atoms with van der Waals surface area (Å²) in [4.78, 5) is 0. The number of hydrogen-bond acceptors (Lipinski definition) is 2. The Kier molecular flexibility index (Phi) is 3.20. The molecule has 0 saturated heterocycles.